The van der Waals surface area contributed by atoms with Crippen molar-refractivity contribution >= 4 is 11.0 Å². The van der Waals surface area contributed by atoms with Crippen LogP contribution in [0.2, 0.25) is 0 Å². The van der Waals surface area contributed by atoms with Crippen LogP contribution in [0.4, 0.5) is 0 Å². The molecule has 0 radical (unpaired) electrons. The lowest BCUT2D eigenvalue weighted by Crippen LogP contribution is -3.11. The van der Waals surface area contributed by atoms with E-state index >= 15 is 0 Å². The van der Waals surface area contributed by atoms with Crippen LogP contribution in [0.1, 0.15) is 11.3 Å². The lowest BCUT2D eigenvalue weighted by Gasteiger charge is -2.26. The van der Waals surface area contributed by atoms with Gasteiger partial charge in [-0.25, -0.2) is 4.79 Å². The highest BCUT2D eigenvalue weighted by atomic mass is 16.5. The van der Waals surface area contributed by atoms with Gasteiger partial charge in [-0.1, -0.05) is 18.2 Å². The van der Waals surface area contributed by atoms with E-state index in [1.807, 2.05) is 54.6 Å². The predicted octanol–water partition coefficient (Wildman–Crippen LogP) is 2.80. The third-order valence-corrected chi connectivity index (χ3v) is 5.39. The van der Waals surface area contributed by atoms with Crippen LogP contribution in [0.3, 0.4) is 0 Å². The summed E-state index contributed by atoms with van der Waals surface area (Å²) in [4.78, 5) is 18.0. The van der Waals surface area contributed by atoms with Crippen molar-refractivity contribution in [3.63, 3.8) is 0 Å². The van der Waals surface area contributed by atoms with Crippen molar-refractivity contribution in [1.29, 1.82) is 0 Å². The molecule has 5 rings (SSSR count). The van der Waals surface area contributed by atoms with E-state index < -0.39 is 0 Å². The number of nitrogens with zero attached hydrogens (tertiary/aromatic N) is 1. The number of rotatable bonds is 4. The molecule has 6 nitrogen and oxygen atoms in total. The second-order valence-corrected chi connectivity index (χ2v) is 7.34. The molecule has 1 N–H and O–H groups in total. The van der Waals surface area contributed by atoms with Gasteiger partial charge >= 0.3 is 5.63 Å². The van der Waals surface area contributed by atoms with Gasteiger partial charge in [-0.05, 0) is 47.5 Å². The van der Waals surface area contributed by atoms with Gasteiger partial charge in [-0.2, -0.15) is 0 Å². The maximum Gasteiger partial charge on any atom is 0.336 e. The summed E-state index contributed by atoms with van der Waals surface area (Å²) in [6, 6.07) is 19.0. The molecule has 1 aliphatic heterocycles. The molecule has 0 amide bonds. The number of hydrogen-bond acceptors (Lipinski definition) is 5. The van der Waals surface area contributed by atoms with Crippen LogP contribution in [0, 0.1) is 0 Å². The summed E-state index contributed by atoms with van der Waals surface area (Å²) in [5.41, 5.74) is 3.89. The molecule has 2 aromatic heterocycles. The zero-order valence-electron chi connectivity index (χ0n) is 16.6. The molecule has 30 heavy (non-hydrogen) atoms. The fraction of sp³-hybridized carbons (Fsp3) is 0.167. The lowest BCUT2D eigenvalue weighted by atomic mass is 9.99. The second-order valence-electron chi connectivity index (χ2n) is 7.34. The van der Waals surface area contributed by atoms with E-state index in [4.69, 9.17) is 13.9 Å². The van der Waals surface area contributed by atoms with Crippen LogP contribution >= 0.6 is 0 Å². The SMILES string of the molecule is COc1ccc(-c2cc(=O)oc3c4c(ccc23)OC[NH+](Cc2ccccn2)C4)cc1. The first-order chi connectivity index (χ1) is 14.7. The van der Waals surface area contributed by atoms with Crippen molar-refractivity contribution in [2.45, 2.75) is 13.1 Å². The molecular weight excluding hydrogens is 380 g/mol. The van der Waals surface area contributed by atoms with E-state index in [0.717, 1.165) is 45.8 Å². The molecule has 150 valence electrons. The first-order valence-electron chi connectivity index (χ1n) is 9.82. The molecule has 0 saturated heterocycles. The summed E-state index contributed by atoms with van der Waals surface area (Å²) < 4.78 is 16.9. The smallest absolute Gasteiger partial charge is 0.336 e. The van der Waals surface area contributed by atoms with Gasteiger partial charge in [0.05, 0.1) is 18.4 Å². The average molecular weight is 401 g/mol. The summed E-state index contributed by atoms with van der Waals surface area (Å²) in [6.45, 7) is 1.97. The fourth-order valence-electron chi connectivity index (χ4n) is 3.93. The number of nitrogens with one attached hydrogen (secondary N) is 1. The Kier molecular flexibility index (Phi) is 4.69. The van der Waals surface area contributed by atoms with Crippen molar-refractivity contribution < 1.29 is 18.8 Å². The molecule has 3 heterocycles. The summed E-state index contributed by atoms with van der Waals surface area (Å²) in [5.74, 6) is 1.54. The van der Waals surface area contributed by atoms with Gasteiger partial charge in [0.2, 0.25) is 6.73 Å². The van der Waals surface area contributed by atoms with E-state index in [0.29, 0.717) is 18.9 Å². The maximum absolute atomic E-state index is 12.4. The van der Waals surface area contributed by atoms with Gasteiger partial charge in [0.1, 0.15) is 24.6 Å². The van der Waals surface area contributed by atoms with E-state index in [1.54, 1.807) is 19.4 Å². The summed E-state index contributed by atoms with van der Waals surface area (Å²) in [5, 5.41) is 0.890. The Morgan fingerprint density at radius 2 is 1.97 bits per heavy atom. The molecule has 1 aliphatic rings. The molecule has 2 aromatic carbocycles. The number of ether oxygens (including phenoxy) is 2. The number of methoxy groups -OCH3 is 1. The highest BCUT2D eigenvalue weighted by Gasteiger charge is 2.25. The van der Waals surface area contributed by atoms with Crippen molar-refractivity contribution in [3.8, 4) is 22.6 Å². The second kappa shape index (κ2) is 7.65. The van der Waals surface area contributed by atoms with Crippen molar-refractivity contribution in [2.24, 2.45) is 0 Å². The van der Waals surface area contributed by atoms with Crippen LogP contribution in [0.15, 0.2) is 76.1 Å². The largest absolute Gasteiger partial charge is 0.497 e. The number of benzene rings is 2. The fourth-order valence-corrected chi connectivity index (χ4v) is 3.93. The minimum Gasteiger partial charge on any atom is -0.497 e. The van der Waals surface area contributed by atoms with E-state index in [9.17, 15) is 4.79 Å². The van der Waals surface area contributed by atoms with Gasteiger partial charge in [-0.15, -0.1) is 0 Å². The molecule has 6 heteroatoms. The Balaban J connectivity index is 1.57. The Morgan fingerprint density at radius 3 is 2.73 bits per heavy atom. The van der Waals surface area contributed by atoms with Crippen LogP contribution < -0.4 is 20.0 Å². The molecular formula is C24H21N2O4+. The minimum atomic E-state index is -0.376. The minimum absolute atomic E-state index is 0.376. The topological polar surface area (TPSA) is 66.0 Å². The Labute approximate surface area is 173 Å². The molecule has 4 aromatic rings. The number of hydrogen-bond donors (Lipinski definition) is 1. The van der Waals surface area contributed by atoms with E-state index in [2.05, 4.69) is 4.98 Å². The summed E-state index contributed by atoms with van der Waals surface area (Å²) >= 11 is 0. The molecule has 0 bridgehead atoms. The lowest BCUT2D eigenvalue weighted by molar-refractivity contribution is -0.946. The normalized spacial score (nSPS) is 15.4. The molecule has 0 fully saturated rings. The Hall–Kier alpha value is -3.64. The highest BCUT2D eigenvalue weighted by molar-refractivity contribution is 5.95. The van der Waals surface area contributed by atoms with Crippen LogP contribution in [-0.2, 0) is 13.1 Å². The number of quaternary nitrogens is 1. The summed E-state index contributed by atoms with van der Waals surface area (Å²) in [7, 11) is 1.63. The third kappa shape index (κ3) is 3.42. The highest BCUT2D eigenvalue weighted by Crippen LogP contribution is 2.34. The average Bonchev–Trinajstić information content (AvgIpc) is 2.79. The Bertz CT molecular complexity index is 1250. The Morgan fingerprint density at radius 1 is 1.10 bits per heavy atom. The number of aromatic nitrogens is 1. The zero-order valence-corrected chi connectivity index (χ0v) is 16.6. The first-order valence-corrected chi connectivity index (χ1v) is 9.82. The standard InChI is InChI=1S/C24H20N2O4/c1-28-18-7-5-16(6-8-18)20-12-23(27)30-24-19(20)9-10-22-21(24)14-26(15-29-22)13-17-4-2-3-11-25-17/h2-12H,13-15H2,1H3/p+1. The van der Waals surface area contributed by atoms with Crippen molar-refractivity contribution in [2.75, 3.05) is 13.8 Å². The first kappa shape index (κ1) is 18.4. The molecule has 0 spiro atoms. The quantitative estimate of drug-likeness (QED) is 0.533. The molecule has 0 saturated carbocycles. The van der Waals surface area contributed by atoms with Crippen LogP contribution in [0.5, 0.6) is 11.5 Å². The van der Waals surface area contributed by atoms with Gasteiger partial charge in [0.25, 0.3) is 0 Å². The van der Waals surface area contributed by atoms with Gasteiger partial charge in [-0.3, -0.25) is 9.88 Å². The van der Waals surface area contributed by atoms with Gasteiger partial charge < -0.3 is 13.9 Å². The zero-order chi connectivity index (χ0) is 20.5. The van der Waals surface area contributed by atoms with Crippen molar-refractivity contribution in [3.05, 3.63) is 88.5 Å². The summed E-state index contributed by atoms with van der Waals surface area (Å²) in [6.07, 6.45) is 1.79. The van der Waals surface area contributed by atoms with Gasteiger partial charge in [0.15, 0.2) is 5.58 Å². The van der Waals surface area contributed by atoms with E-state index in [1.165, 1.54) is 4.90 Å². The van der Waals surface area contributed by atoms with Crippen molar-refractivity contribution in [1.82, 2.24) is 4.98 Å². The number of fused-ring (bicyclic) bond motifs is 3. The molecule has 0 aliphatic carbocycles. The predicted molar refractivity (Wildman–Crippen MR) is 113 cm³/mol. The van der Waals surface area contributed by atoms with Crippen LogP contribution in [0.25, 0.3) is 22.1 Å². The van der Waals surface area contributed by atoms with Crippen LogP contribution in [-0.4, -0.2) is 18.8 Å². The van der Waals surface area contributed by atoms with E-state index in [-0.39, 0.29) is 5.63 Å². The van der Waals surface area contributed by atoms with Gasteiger partial charge in [0, 0.05) is 17.6 Å². The molecule has 1 unspecified atom stereocenters. The monoisotopic (exact) mass is 401 g/mol. The number of pyridine rings is 1. The third-order valence-electron chi connectivity index (χ3n) is 5.39. The molecule has 1 atom stereocenters. The maximum atomic E-state index is 12.4.